The van der Waals surface area contributed by atoms with Crippen LogP contribution in [-0.4, -0.2) is 15.9 Å². The summed E-state index contributed by atoms with van der Waals surface area (Å²) in [5.41, 5.74) is 4.45. The largest absolute Gasteiger partial charge is 0.342 e. The molecule has 1 amide bonds. The van der Waals surface area contributed by atoms with Gasteiger partial charge in [0.15, 0.2) is 0 Å². The molecule has 1 heterocycles. The molecule has 1 aromatic heterocycles. The second-order valence-electron chi connectivity index (χ2n) is 6.33. The summed E-state index contributed by atoms with van der Waals surface area (Å²) in [4.78, 5) is 20.3. The minimum Gasteiger partial charge on any atom is -0.342 e. The third kappa shape index (κ3) is 4.01. The molecule has 0 radical (unpaired) electrons. The first-order valence-electron chi connectivity index (χ1n) is 8.77. The second kappa shape index (κ2) is 7.64. The highest BCUT2D eigenvalue weighted by Crippen LogP contribution is 2.18. The first-order valence-corrected chi connectivity index (χ1v) is 9.15. The molecule has 0 unspecified atom stereocenters. The molecule has 0 saturated heterocycles. The Bertz CT molecular complexity index is 1050. The Hall–Kier alpha value is -3.11. The van der Waals surface area contributed by atoms with Crippen LogP contribution in [-0.2, 0) is 12.8 Å². The van der Waals surface area contributed by atoms with E-state index in [1.807, 2.05) is 48.5 Å². The van der Waals surface area contributed by atoms with Crippen LogP contribution in [0.15, 0.2) is 72.8 Å². The number of fused-ring (bicyclic) bond motifs is 1. The lowest BCUT2D eigenvalue weighted by Crippen LogP contribution is -2.12. The maximum atomic E-state index is 12.3. The van der Waals surface area contributed by atoms with Gasteiger partial charge in [-0.2, -0.15) is 0 Å². The zero-order valence-electron chi connectivity index (χ0n) is 14.6. The van der Waals surface area contributed by atoms with Crippen molar-refractivity contribution in [2.75, 3.05) is 5.32 Å². The normalized spacial score (nSPS) is 10.9. The van der Waals surface area contributed by atoms with Gasteiger partial charge in [0, 0.05) is 12.1 Å². The summed E-state index contributed by atoms with van der Waals surface area (Å²) in [5.74, 6) is 0.767. The molecule has 0 fully saturated rings. The molecule has 5 heteroatoms. The number of halogens is 1. The minimum atomic E-state index is -0.212. The lowest BCUT2D eigenvalue weighted by atomic mass is 10.1. The maximum Gasteiger partial charge on any atom is 0.257 e. The van der Waals surface area contributed by atoms with Gasteiger partial charge in [-0.15, -0.1) is 0 Å². The van der Waals surface area contributed by atoms with E-state index in [1.165, 1.54) is 5.56 Å². The Morgan fingerprint density at radius 2 is 1.67 bits per heavy atom. The molecule has 0 saturated carbocycles. The number of para-hydroxylation sites is 2. The number of nitrogens with zero attached hydrogens (tertiary/aromatic N) is 1. The summed E-state index contributed by atoms with van der Waals surface area (Å²) in [6, 6.07) is 22.9. The van der Waals surface area contributed by atoms with Gasteiger partial charge in [-0.1, -0.05) is 48.0 Å². The summed E-state index contributed by atoms with van der Waals surface area (Å²) in [7, 11) is 0. The number of aryl methyl sites for hydroxylation is 2. The van der Waals surface area contributed by atoms with Crippen molar-refractivity contribution in [3.8, 4) is 0 Å². The van der Waals surface area contributed by atoms with Crippen LogP contribution in [0.1, 0.15) is 21.7 Å². The average molecular weight is 376 g/mol. The van der Waals surface area contributed by atoms with Gasteiger partial charge >= 0.3 is 0 Å². The number of nitrogens with one attached hydrogen (secondary N) is 2. The SMILES string of the molecule is O=C(Nc1ccc(CCc2nc3ccccc3[nH]2)cc1)c1ccccc1Cl. The van der Waals surface area contributed by atoms with Gasteiger partial charge in [0.2, 0.25) is 0 Å². The molecule has 0 aliphatic carbocycles. The fraction of sp³-hybridized carbons (Fsp3) is 0.0909. The van der Waals surface area contributed by atoms with Crippen LogP contribution in [0, 0.1) is 0 Å². The zero-order chi connectivity index (χ0) is 18.6. The zero-order valence-corrected chi connectivity index (χ0v) is 15.3. The van der Waals surface area contributed by atoms with Crippen molar-refractivity contribution in [3.05, 3.63) is 94.8 Å². The van der Waals surface area contributed by atoms with Crippen LogP contribution in [0.3, 0.4) is 0 Å². The van der Waals surface area contributed by atoms with Crippen LogP contribution in [0.5, 0.6) is 0 Å². The maximum absolute atomic E-state index is 12.3. The highest BCUT2D eigenvalue weighted by atomic mass is 35.5. The number of H-pyrrole nitrogens is 1. The van der Waals surface area contributed by atoms with Gasteiger partial charge in [-0.05, 0) is 48.4 Å². The first-order chi connectivity index (χ1) is 13.2. The molecule has 0 aliphatic rings. The molecule has 27 heavy (non-hydrogen) atoms. The predicted molar refractivity (Wildman–Crippen MR) is 109 cm³/mol. The Morgan fingerprint density at radius 3 is 2.44 bits per heavy atom. The highest BCUT2D eigenvalue weighted by Gasteiger charge is 2.09. The van der Waals surface area contributed by atoms with E-state index < -0.39 is 0 Å². The topological polar surface area (TPSA) is 57.8 Å². The lowest BCUT2D eigenvalue weighted by molar-refractivity contribution is 0.102. The summed E-state index contributed by atoms with van der Waals surface area (Å²) < 4.78 is 0. The number of carbonyl (C=O) groups excluding carboxylic acids is 1. The fourth-order valence-corrected chi connectivity index (χ4v) is 3.21. The van der Waals surface area contributed by atoms with Crippen molar-refractivity contribution < 1.29 is 4.79 Å². The molecule has 0 bridgehead atoms. The number of carbonyl (C=O) groups is 1. The quantitative estimate of drug-likeness (QED) is 0.500. The van der Waals surface area contributed by atoms with E-state index in [4.69, 9.17) is 11.6 Å². The Kier molecular flexibility index (Phi) is 4.90. The second-order valence-corrected chi connectivity index (χ2v) is 6.74. The van der Waals surface area contributed by atoms with E-state index in [9.17, 15) is 4.79 Å². The Morgan fingerprint density at radius 1 is 0.926 bits per heavy atom. The van der Waals surface area contributed by atoms with Crippen LogP contribution < -0.4 is 5.32 Å². The van der Waals surface area contributed by atoms with Crippen LogP contribution in [0.2, 0.25) is 5.02 Å². The van der Waals surface area contributed by atoms with Gasteiger partial charge in [-0.25, -0.2) is 4.98 Å². The minimum absolute atomic E-state index is 0.212. The number of aromatic amines is 1. The summed E-state index contributed by atoms with van der Waals surface area (Å²) in [6.45, 7) is 0. The van der Waals surface area contributed by atoms with E-state index in [2.05, 4.69) is 15.3 Å². The van der Waals surface area contributed by atoms with Crippen molar-refractivity contribution in [1.82, 2.24) is 9.97 Å². The van der Waals surface area contributed by atoms with Crippen molar-refractivity contribution >= 4 is 34.2 Å². The van der Waals surface area contributed by atoms with Gasteiger partial charge in [0.05, 0.1) is 21.6 Å². The number of hydrogen-bond acceptors (Lipinski definition) is 2. The van der Waals surface area contributed by atoms with Gasteiger partial charge in [0.25, 0.3) is 5.91 Å². The van der Waals surface area contributed by atoms with E-state index in [-0.39, 0.29) is 5.91 Å². The predicted octanol–water partition coefficient (Wildman–Crippen LogP) is 5.25. The third-order valence-electron chi connectivity index (χ3n) is 4.42. The Balaban J connectivity index is 1.38. The molecule has 4 aromatic rings. The smallest absolute Gasteiger partial charge is 0.257 e. The van der Waals surface area contributed by atoms with Crippen LogP contribution in [0.4, 0.5) is 5.69 Å². The molecule has 4 nitrogen and oxygen atoms in total. The molecule has 2 N–H and O–H groups in total. The third-order valence-corrected chi connectivity index (χ3v) is 4.75. The average Bonchev–Trinajstić information content (AvgIpc) is 3.11. The van der Waals surface area contributed by atoms with E-state index >= 15 is 0 Å². The monoisotopic (exact) mass is 375 g/mol. The number of amides is 1. The Labute approximate surface area is 162 Å². The number of rotatable bonds is 5. The van der Waals surface area contributed by atoms with Gasteiger partial charge < -0.3 is 10.3 Å². The van der Waals surface area contributed by atoms with Crippen molar-refractivity contribution in [2.45, 2.75) is 12.8 Å². The number of imidazole rings is 1. The number of hydrogen-bond donors (Lipinski definition) is 2. The number of benzene rings is 3. The fourth-order valence-electron chi connectivity index (χ4n) is 2.99. The summed E-state index contributed by atoms with van der Waals surface area (Å²) >= 11 is 6.07. The van der Waals surface area contributed by atoms with Gasteiger partial charge in [-0.3, -0.25) is 4.79 Å². The van der Waals surface area contributed by atoms with E-state index in [0.717, 1.165) is 35.4 Å². The first kappa shape index (κ1) is 17.3. The molecular formula is C22H18ClN3O. The molecule has 0 spiro atoms. The molecule has 3 aromatic carbocycles. The van der Waals surface area contributed by atoms with E-state index in [1.54, 1.807) is 24.3 Å². The number of aromatic nitrogens is 2. The van der Waals surface area contributed by atoms with Gasteiger partial charge in [0.1, 0.15) is 5.82 Å². The van der Waals surface area contributed by atoms with Crippen molar-refractivity contribution in [2.24, 2.45) is 0 Å². The summed E-state index contributed by atoms with van der Waals surface area (Å²) in [5, 5.41) is 3.32. The summed E-state index contributed by atoms with van der Waals surface area (Å²) in [6.07, 6.45) is 1.71. The standard InChI is InChI=1S/C22H18ClN3O/c23-18-6-2-1-5-17(18)22(27)24-16-12-9-15(10-13-16)11-14-21-25-19-7-3-4-8-20(19)26-21/h1-10,12-13H,11,14H2,(H,24,27)(H,25,26). The van der Waals surface area contributed by atoms with Crippen molar-refractivity contribution in [3.63, 3.8) is 0 Å². The molecule has 0 aliphatic heterocycles. The van der Waals surface area contributed by atoms with Crippen molar-refractivity contribution in [1.29, 1.82) is 0 Å². The number of anilines is 1. The van der Waals surface area contributed by atoms with E-state index in [0.29, 0.717) is 10.6 Å². The van der Waals surface area contributed by atoms with Crippen LogP contribution in [0.25, 0.3) is 11.0 Å². The lowest BCUT2D eigenvalue weighted by Gasteiger charge is -2.07. The molecular weight excluding hydrogens is 358 g/mol. The molecule has 0 atom stereocenters. The van der Waals surface area contributed by atoms with Crippen LogP contribution >= 0.6 is 11.6 Å². The molecule has 4 rings (SSSR count). The molecule has 134 valence electrons. The highest BCUT2D eigenvalue weighted by molar-refractivity contribution is 6.34.